The number of benzene rings is 1. The molecule has 0 radical (unpaired) electrons. The molecule has 0 aliphatic carbocycles. The summed E-state index contributed by atoms with van der Waals surface area (Å²) < 4.78 is 5.36. The fourth-order valence-corrected chi connectivity index (χ4v) is 2.25. The minimum Gasteiger partial charge on any atom is -0.496 e. The molecule has 3 heteroatoms. The minimum absolute atomic E-state index is 0.176. The summed E-state index contributed by atoms with van der Waals surface area (Å²) in [5, 5.41) is 9.79. The van der Waals surface area contributed by atoms with Crippen LogP contribution < -0.4 is 10.5 Å². The van der Waals surface area contributed by atoms with Crippen LogP contribution in [0.1, 0.15) is 35.6 Å². The third-order valence-electron chi connectivity index (χ3n) is 3.73. The van der Waals surface area contributed by atoms with Crippen LogP contribution >= 0.6 is 0 Å². The lowest BCUT2D eigenvalue weighted by atomic mass is 9.92. The molecule has 2 unspecified atom stereocenters. The van der Waals surface area contributed by atoms with Gasteiger partial charge in [-0.15, -0.1) is 0 Å². The van der Waals surface area contributed by atoms with Crippen LogP contribution in [-0.2, 0) is 6.42 Å². The Balaban J connectivity index is 2.93. The van der Waals surface area contributed by atoms with Crippen LogP contribution in [-0.4, -0.2) is 24.4 Å². The van der Waals surface area contributed by atoms with Crippen LogP contribution in [0.25, 0.3) is 0 Å². The van der Waals surface area contributed by atoms with Crippen molar-refractivity contribution in [1.29, 1.82) is 0 Å². The lowest BCUT2D eigenvalue weighted by Gasteiger charge is -2.19. The zero-order valence-electron chi connectivity index (χ0n) is 12.1. The van der Waals surface area contributed by atoms with Crippen LogP contribution in [0.4, 0.5) is 0 Å². The predicted molar refractivity (Wildman–Crippen MR) is 75.2 cm³/mol. The minimum atomic E-state index is -0.439. The number of hydrogen-bond donors (Lipinski definition) is 2. The Labute approximate surface area is 110 Å². The van der Waals surface area contributed by atoms with Crippen molar-refractivity contribution in [1.82, 2.24) is 0 Å². The number of aliphatic hydroxyl groups excluding tert-OH is 1. The summed E-state index contributed by atoms with van der Waals surface area (Å²) in [7, 11) is 1.70. The quantitative estimate of drug-likeness (QED) is 0.844. The molecule has 1 aromatic rings. The predicted octanol–water partition coefficient (Wildman–Crippen LogP) is 2.26. The van der Waals surface area contributed by atoms with Crippen LogP contribution in [0.5, 0.6) is 5.75 Å². The first-order valence-corrected chi connectivity index (χ1v) is 6.45. The molecule has 0 saturated heterocycles. The van der Waals surface area contributed by atoms with Crippen molar-refractivity contribution in [3.8, 4) is 5.75 Å². The fourth-order valence-electron chi connectivity index (χ4n) is 2.25. The highest BCUT2D eigenvalue weighted by Crippen LogP contribution is 2.28. The lowest BCUT2D eigenvalue weighted by molar-refractivity contribution is 0.141. The van der Waals surface area contributed by atoms with Crippen LogP contribution in [0.15, 0.2) is 6.07 Å². The summed E-state index contributed by atoms with van der Waals surface area (Å²) >= 11 is 0. The zero-order chi connectivity index (χ0) is 13.9. The Morgan fingerprint density at radius 1 is 1.28 bits per heavy atom. The van der Waals surface area contributed by atoms with Gasteiger partial charge in [0.05, 0.1) is 13.2 Å². The Kier molecular flexibility index (Phi) is 5.17. The summed E-state index contributed by atoms with van der Waals surface area (Å²) in [6, 6.07) is 1.89. The largest absolute Gasteiger partial charge is 0.496 e. The van der Waals surface area contributed by atoms with Gasteiger partial charge in [-0.1, -0.05) is 0 Å². The van der Waals surface area contributed by atoms with Crippen LogP contribution in [0, 0.1) is 20.8 Å². The molecule has 1 rings (SSSR count). The van der Waals surface area contributed by atoms with E-state index >= 15 is 0 Å². The molecule has 0 saturated carbocycles. The first-order valence-electron chi connectivity index (χ1n) is 6.45. The third-order valence-corrected chi connectivity index (χ3v) is 3.73. The number of ether oxygens (including phenoxy) is 1. The van der Waals surface area contributed by atoms with Gasteiger partial charge in [-0.25, -0.2) is 0 Å². The Morgan fingerprint density at radius 2 is 1.89 bits per heavy atom. The summed E-state index contributed by atoms with van der Waals surface area (Å²) in [5.74, 6) is 0.932. The van der Waals surface area contributed by atoms with Crippen molar-refractivity contribution >= 4 is 0 Å². The average Bonchev–Trinajstić information content (AvgIpc) is 2.33. The number of aryl methyl sites for hydroxylation is 1. The van der Waals surface area contributed by atoms with E-state index in [-0.39, 0.29) is 6.04 Å². The summed E-state index contributed by atoms with van der Waals surface area (Å²) in [6.45, 7) is 8.10. The molecule has 0 spiro atoms. The SMILES string of the molecule is COc1cc(C)c(CCC(O)C(C)N)c(C)c1C. The van der Waals surface area contributed by atoms with Gasteiger partial charge in [0.2, 0.25) is 0 Å². The topological polar surface area (TPSA) is 55.5 Å². The normalized spacial score (nSPS) is 14.4. The van der Waals surface area contributed by atoms with Crippen molar-refractivity contribution in [2.75, 3.05) is 7.11 Å². The summed E-state index contributed by atoms with van der Waals surface area (Å²) in [6.07, 6.45) is 1.11. The number of nitrogens with two attached hydrogens (primary N) is 1. The van der Waals surface area contributed by atoms with Crippen molar-refractivity contribution in [2.45, 2.75) is 52.7 Å². The second-order valence-corrected chi connectivity index (χ2v) is 5.09. The van der Waals surface area contributed by atoms with Gasteiger partial charge < -0.3 is 15.6 Å². The number of methoxy groups -OCH3 is 1. The first-order chi connectivity index (χ1) is 8.38. The van der Waals surface area contributed by atoms with Gasteiger partial charge in [0.25, 0.3) is 0 Å². The monoisotopic (exact) mass is 251 g/mol. The average molecular weight is 251 g/mol. The second-order valence-electron chi connectivity index (χ2n) is 5.09. The molecule has 0 amide bonds. The molecule has 0 bridgehead atoms. The van der Waals surface area contributed by atoms with Crippen molar-refractivity contribution in [2.24, 2.45) is 5.73 Å². The van der Waals surface area contributed by atoms with E-state index in [0.29, 0.717) is 6.42 Å². The van der Waals surface area contributed by atoms with E-state index in [4.69, 9.17) is 10.5 Å². The standard InChI is InChI=1S/C15H25NO2/c1-9-8-15(18-5)11(3)10(2)13(9)6-7-14(17)12(4)16/h8,12,14,17H,6-7,16H2,1-5H3. The molecule has 0 aromatic heterocycles. The molecule has 1 aromatic carbocycles. The Morgan fingerprint density at radius 3 is 2.39 bits per heavy atom. The maximum absolute atomic E-state index is 9.79. The van der Waals surface area contributed by atoms with Gasteiger partial charge in [-0.3, -0.25) is 0 Å². The van der Waals surface area contributed by atoms with Crippen molar-refractivity contribution in [3.63, 3.8) is 0 Å². The summed E-state index contributed by atoms with van der Waals surface area (Å²) in [5.41, 5.74) is 10.6. The zero-order valence-corrected chi connectivity index (χ0v) is 12.1. The highest BCUT2D eigenvalue weighted by molar-refractivity contribution is 5.48. The van der Waals surface area contributed by atoms with Gasteiger partial charge in [0.1, 0.15) is 5.75 Å². The molecule has 2 atom stereocenters. The Hall–Kier alpha value is -1.06. The van der Waals surface area contributed by atoms with E-state index in [1.54, 1.807) is 7.11 Å². The van der Waals surface area contributed by atoms with Crippen LogP contribution in [0.3, 0.4) is 0 Å². The molecule has 0 heterocycles. The van der Waals surface area contributed by atoms with Gasteiger partial charge in [0, 0.05) is 6.04 Å². The first kappa shape index (κ1) is 15.0. The van der Waals surface area contributed by atoms with Gasteiger partial charge in [0.15, 0.2) is 0 Å². The van der Waals surface area contributed by atoms with E-state index in [0.717, 1.165) is 12.2 Å². The van der Waals surface area contributed by atoms with E-state index in [1.165, 1.54) is 22.3 Å². The van der Waals surface area contributed by atoms with E-state index < -0.39 is 6.10 Å². The fraction of sp³-hybridized carbons (Fsp3) is 0.600. The molecule has 0 aliphatic rings. The lowest BCUT2D eigenvalue weighted by Crippen LogP contribution is -2.31. The highest BCUT2D eigenvalue weighted by Gasteiger charge is 2.14. The number of aliphatic hydroxyl groups is 1. The molecular formula is C15H25NO2. The van der Waals surface area contributed by atoms with E-state index in [1.807, 2.05) is 6.92 Å². The molecular weight excluding hydrogens is 226 g/mol. The molecule has 0 fully saturated rings. The van der Waals surface area contributed by atoms with Crippen LogP contribution in [0.2, 0.25) is 0 Å². The highest BCUT2D eigenvalue weighted by atomic mass is 16.5. The summed E-state index contributed by atoms with van der Waals surface area (Å²) in [4.78, 5) is 0. The number of hydrogen-bond acceptors (Lipinski definition) is 3. The molecule has 0 aliphatic heterocycles. The molecule has 102 valence electrons. The van der Waals surface area contributed by atoms with Crippen molar-refractivity contribution < 1.29 is 9.84 Å². The second kappa shape index (κ2) is 6.21. The van der Waals surface area contributed by atoms with Gasteiger partial charge in [-0.05, 0) is 68.9 Å². The maximum Gasteiger partial charge on any atom is 0.122 e. The van der Waals surface area contributed by atoms with Gasteiger partial charge in [-0.2, -0.15) is 0 Å². The van der Waals surface area contributed by atoms with E-state index in [2.05, 4.69) is 26.8 Å². The molecule has 3 nitrogen and oxygen atoms in total. The number of rotatable bonds is 5. The smallest absolute Gasteiger partial charge is 0.122 e. The third kappa shape index (κ3) is 3.24. The molecule has 3 N–H and O–H groups in total. The molecule has 18 heavy (non-hydrogen) atoms. The Bertz CT molecular complexity index is 413. The maximum atomic E-state index is 9.79. The van der Waals surface area contributed by atoms with Gasteiger partial charge >= 0.3 is 0 Å². The van der Waals surface area contributed by atoms with E-state index in [9.17, 15) is 5.11 Å². The van der Waals surface area contributed by atoms with Crippen molar-refractivity contribution in [3.05, 3.63) is 28.3 Å².